The van der Waals surface area contributed by atoms with E-state index >= 15 is 0 Å². The Kier molecular flexibility index (Phi) is 10.1. The summed E-state index contributed by atoms with van der Waals surface area (Å²) in [5.41, 5.74) is 5.50. The van der Waals surface area contributed by atoms with Crippen LogP contribution in [-0.2, 0) is 9.53 Å². The number of carbonyl (C=O) groups excluding carboxylic acids is 1. The summed E-state index contributed by atoms with van der Waals surface area (Å²) in [4.78, 5) is 14.8. The van der Waals surface area contributed by atoms with Gasteiger partial charge >= 0.3 is 0 Å². The minimum absolute atomic E-state index is 0. The number of halogens is 1. The number of ether oxygens (including phenoxy) is 1. The van der Waals surface area contributed by atoms with E-state index in [0.29, 0.717) is 18.4 Å². The molecule has 0 aromatic heterocycles. The highest BCUT2D eigenvalue weighted by Crippen LogP contribution is 2.26. The lowest BCUT2D eigenvalue weighted by molar-refractivity contribution is -0.135. The second kappa shape index (κ2) is 11.3. The Hall–Kier alpha value is -0.320. The molecule has 1 aliphatic carbocycles. The normalized spacial score (nSPS) is 21.8. The number of carbonyl (C=O) groups is 1. The smallest absolute Gasteiger partial charge is 0.222 e. The zero-order chi connectivity index (χ0) is 14.9. The molecule has 1 amide bonds. The van der Waals surface area contributed by atoms with Crippen molar-refractivity contribution < 1.29 is 9.53 Å². The van der Waals surface area contributed by atoms with Crippen molar-refractivity contribution in [1.82, 2.24) is 4.90 Å². The molecule has 1 aliphatic heterocycles. The molecule has 0 aromatic rings. The van der Waals surface area contributed by atoms with Crippen molar-refractivity contribution in [2.75, 3.05) is 19.7 Å². The molecule has 0 radical (unpaired) electrons. The summed E-state index contributed by atoms with van der Waals surface area (Å²) >= 11 is 0. The molecule has 1 unspecified atom stereocenters. The number of unbranched alkanes of at least 4 members (excludes halogenated alkanes) is 3. The maximum Gasteiger partial charge on any atom is 0.222 e. The first-order valence-electron chi connectivity index (χ1n) is 8.92. The van der Waals surface area contributed by atoms with E-state index in [2.05, 4.69) is 4.90 Å². The lowest BCUT2D eigenvalue weighted by Crippen LogP contribution is -2.43. The molecule has 1 saturated heterocycles. The molecule has 2 aliphatic rings. The fourth-order valence-corrected chi connectivity index (χ4v) is 3.60. The monoisotopic (exact) mass is 332 g/mol. The van der Waals surface area contributed by atoms with E-state index in [9.17, 15) is 4.79 Å². The van der Waals surface area contributed by atoms with Gasteiger partial charge in [0.25, 0.3) is 0 Å². The van der Waals surface area contributed by atoms with Crippen LogP contribution < -0.4 is 5.73 Å². The maximum atomic E-state index is 12.6. The Morgan fingerprint density at radius 3 is 2.41 bits per heavy atom. The van der Waals surface area contributed by atoms with Crippen molar-refractivity contribution in [3.63, 3.8) is 0 Å². The fourth-order valence-electron chi connectivity index (χ4n) is 3.60. The molecular weight excluding hydrogens is 300 g/mol. The van der Waals surface area contributed by atoms with Crippen molar-refractivity contribution in [3.8, 4) is 0 Å². The van der Waals surface area contributed by atoms with Crippen LogP contribution in [0.15, 0.2) is 0 Å². The van der Waals surface area contributed by atoms with Gasteiger partial charge in [-0.25, -0.2) is 0 Å². The van der Waals surface area contributed by atoms with Crippen LogP contribution in [0.3, 0.4) is 0 Å². The average Bonchev–Trinajstić information content (AvgIpc) is 3.17. The number of amides is 1. The third-order valence-electron chi connectivity index (χ3n) is 4.85. The van der Waals surface area contributed by atoms with E-state index in [1.165, 1.54) is 25.7 Å². The van der Waals surface area contributed by atoms with Gasteiger partial charge in [0.1, 0.15) is 0 Å². The summed E-state index contributed by atoms with van der Waals surface area (Å²) in [5.74, 6) is 0.352. The lowest BCUT2D eigenvalue weighted by Gasteiger charge is -2.31. The highest BCUT2D eigenvalue weighted by molar-refractivity contribution is 5.85. The molecule has 5 heteroatoms. The van der Waals surface area contributed by atoms with Crippen LogP contribution in [0.2, 0.25) is 0 Å². The van der Waals surface area contributed by atoms with Gasteiger partial charge in [-0.05, 0) is 45.1 Å². The molecule has 0 aromatic carbocycles. The fraction of sp³-hybridized carbons (Fsp3) is 0.941. The Morgan fingerprint density at radius 1 is 1.05 bits per heavy atom. The van der Waals surface area contributed by atoms with Gasteiger partial charge in [0, 0.05) is 25.6 Å². The molecule has 4 nitrogen and oxygen atoms in total. The topological polar surface area (TPSA) is 55.6 Å². The van der Waals surface area contributed by atoms with E-state index in [1.54, 1.807) is 0 Å². The number of rotatable bonds is 9. The molecule has 1 saturated carbocycles. The predicted octanol–water partition coefficient (Wildman–Crippen LogP) is 3.27. The van der Waals surface area contributed by atoms with Crippen LogP contribution in [-0.4, -0.2) is 42.6 Å². The van der Waals surface area contributed by atoms with Crippen LogP contribution in [0.25, 0.3) is 0 Å². The number of hydrogen-bond donors (Lipinski definition) is 1. The second-order valence-corrected chi connectivity index (χ2v) is 6.57. The minimum atomic E-state index is 0. The Bertz CT molecular complexity index is 303. The zero-order valence-electron chi connectivity index (χ0n) is 13.8. The zero-order valence-corrected chi connectivity index (χ0v) is 14.6. The summed E-state index contributed by atoms with van der Waals surface area (Å²) in [6.45, 7) is 2.46. The van der Waals surface area contributed by atoms with Gasteiger partial charge in [-0.1, -0.05) is 25.7 Å². The van der Waals surface area contributed by atoms with Crippen molar-refractivity contribution >= 4 is 18.3 Å². The quantitative estimate of drug-likeness (QED) is 0.659. The first-order valence-corrected chi connectivity index (χ1v) is 8.92. The van der Waals surface area contributed by atoms with E-state index in [4.69, 9.17) is 10.5 Å². The summed E-state index contributed by atoms with van der Waals surface area (Å²) in [6, 6.07) is 0.478. The van der Waals surface area contributed by atoms with Crippen LogP contribution in [0, 0.1) is 0 Å². The first-order chi connectivity index (χ1) is 10.3. The van der Waals surface area contributed by atoms with Crippen molar-refractivity contribution in [2.45, 2.75) is 82.8 Å². The van der Waals surface area contributed by atoms with E-state index < -0.39 is 0 Å². The Morgan fingerprint density at radius 2 is 1.77 bits per heavy atom. The van der Waals surface area contributed by atoms with Gasteiger partial charge in [0.05, 0.1) is 6.10 Å². The largest absolute Gasteiger partial charge is 0.376 e. The average molecular weight is 333 g/mol. The summed E-state index contributed by atoms with van der Waals surface area (Å²) in [5, 5.41) is 0. The Balaban J connectivity index is 0.00000242. The molecule has 0 bridgehead atoms. The summed E-state index contributed by atoms with van der Waals surface area (Å²) in [7, 11) is 0. The molecule has 1 atom stereocenters. The molecule has 130 valence electrons. The third-order valence-corrected chi connectivity index (χ3v) is 4.85. The third kappa shape index (κ3) is 6.43. The number of nitrogens with two attached hydrogens (primary N) is 1. The molecule has 22 heavy (non-hydrogen) atoms. The molecule has 2 fully saturated rings. The van der Waals surface area contributed by atoms with Crippen LogP contribution in [0.1, 0.15) is 70.6 Å². The van der Waals surface area contributed by atoms with Gasteiger partial charge in [-0.3, -0.25) is 4.79 Å². The number of nitrogens with zero attached hydrogens (tertiary/aromatic N) is 1. The van der Waals surface area contributed by atoms with Gasteiger partial charge in [0.15, 0.2) is 0 Å². The van der Waals surface area contributed by atoms with Gasteiger partial charge in [0.2, 0.25) is 5.91 Å². The van der Waals surface area contributed by atoms with Crippen molar-refractivity contribution in [2.24, 2.45) is 5.73 Å². The van der Waals surface area contributed by atoms with E-state index in [0.717, 1.165) is 58.2 Å². The van der Waals surface area contributed by atoms with Crippen molar-refractivity contribution in [1.29, 1.82) is 0 Å². The SMILES string of the molecule is Cl.NCCCCCCC(=O)N(CC1CCCO1)C1CCCC1. The summed E-state index contributed by atoms with van der Waals surface area (Å²) in [6.07, 6.45) is 12.5. The lowest BCUT2D eigenvalue weighted by atomic mass is 10.1. The van der Waals surface area contributed by atoms with E-state index in [-0.39, 0.29) is 18.5 Å². The van der Waals surface area contributed by atoms with Crippen LogP contribution in [0.5, 0.6) is 0 Å². The second-order valence-electron chi connectivity index (χ2n) is 6.57. The van der Waals surface area contributed by atoms with Gasteiger partial charge in [-0.15, -0.1) is 12.4 Å². The highest BCUT2D eigenvalue weighted by atomic mass is 35.5. The molecule has 0 spiro atoms. The molecule has 1 heterocycles. The summed E-state index contributed by atoms with van der Waals surface area (Å²) < 4.78 is 5.74. The highest BCUT2D eigenvalue weighted by Gasteiger charge is 2.29. The van der Waals surface area contributed by atoms with E-state index in [1.807, 2.05) is 0 Å². The van der Waals surface area contributed by atoms with Crippen LogP contribution in [0.4, 0.5) is 0 Å². The van der Waals surface area contributed by atoms with Gasteiger partial charge < -0.3 is 15.4 Å². The van der Waals surface area contributed by atoms with Crippen molar-refractivity contribution in [3.05, 3.63) is 0 Å². The maximum absolute atomic E-state index is 12.6. The van der Waals surface area contributed by atoms with Gasteiger partial charge in [-0.2, -0.15) is 0 Å². The minimum Gasteiger partial charge on any atom is -0.376 e. The standard InChI is InChI=1S/C17H32N2O2.ClH/c18-12-6-2-1-3-11-17(20)19(15-8-4-5-9-15)14-16-10-7-13-21-16;/h15-16H,1-14,18H2;1H. The Labute approximate surface area is 141 Å². The molecule has 2 rings (SSSR count). The van der Waals surface area contributed by atoms with Crippen LogP contribution >= 0.6 is 12.4 Å². The first kappa shape index (κ1) is 19.7. The number of hydrogen-bond acceptors (Lipinski definition) is 3. The predicted molar refractivity (Wildman–Crippen MR) is 92.3 cm³/mol. The molecule has 2 N–H and O–H groups in total. The molecular formula is C17H33ClN2O2.